The Kier molecular flexibility index (Phi) is 3.71. The van der Waals surface area contributed by atoms with Gasteiger partial charge in [-0.3, -0.25) is 4.90 Å². The fourth-order valence-corrected chi connectivity index (χ4v) is 3.30. The van der Waals surface area contributed by atoms with Crippen LogP contribution < -0.4 is 0 Å². The van der Waals surface area contributed by atoms with Gasteiger partial charge in [-0.15, -0.1) is 0 Å². The van der Waals surface area contributed by atoms with Crippen molar-refractivity contribution in [1.29, 1.82) is 0 Å². The van der Waals surface area contributed by atoms with Gasteiger partial charge in [-0.05, 0) is 44.7 Å². The molecule has 0 aliphatic carbocycles. The summed E-state index contributed by atoms with van der Waals surface area (Å²) >= 11 is 1.68. The van der Waals surface area contributed by atoms with Crippen LogP contribution in [0.25, 0.3) is 11.5 Å². The summed E-state index contributed by atoms with van der Waals surface area (Å²) in [6.07, 6.45) is 3.96. The first-order chi connectivity index (χ1) is 9.24. The highest BCUT2D eigenvalue weighted by Gasteiger charge is 2.21. The predicted octanol–water partition coefficient (Wildman–Crippen LogP) is 4.09. The summed E-state index contributed by atoms with van der Waals surface area (Å²) in [5.41, 5.74) is 2.18. The Morgan fingerprint density at radius 2 is 2.37 bits per heavy atom. The summed E-state index contributed by atoms with van der Waals surface area (Å²) in [7, 11) is 0. The van der Waals surface area contributed by atoms with E-state index < -0.39 is 0 Å². The number of thiophene rings is 1. The van der Waals surface area contributed by atoms with Crippen LogP contribution in [0.2, 0.25) is 0 Å². The molecular formula is C15H20N2OS. The Bertz CT molecular complexity index is 532. The number of rotatable bonds is 3. The van der Waals surface area contributed by atoms with E-state index in [1.165, 1.54) is 25.8 Å². The molecule has 3 heterocycles. The molecule has 0 saturated carbocycles. The first-order valence-electron chi connectivity index (χ1n) is 6.97. The van der Waals surface area contributed by atoms with E-state index in [9.17, 15) is 0 Å². The summed E-state index contributed by atoms with van der Waals surface area (Å²) < 4.78 is 5.80. The average molecular weight is 276 g/mol. The summed E-state index contributed by atoms with van der Waals surface area (Å²) in [5.74, 6) is 1.72. The van der Waals surface area contributed by atoms with Gasteiger partial charge in [0.1, 0.15) is 5.76 Å². The maximum absolute atomic E-state index is 5.80. The smallest absolute Gasteiger partial charge is 0.227 e. The van der Waals surface area contributed by atoms with E-state index in [2.05, 4.69) is 33.6 Å². The van der Waals surface area contributed by atoms with Crippen LogP contribution in [0.5, 0.6) is 0 Å². The van der Waals surface area contributed by atoms with Crippen molar-refractivity contribution in [2.75, 3.05) is 6.54 Å². The number of hydrogen-bond donors (Lipinski definition) is 0. The van der Waals surface area contributed by atoms with Crippen LogP contribution in [0.3, 0.4) is 0 Å². The van der Waals surface area contributed by atoms with Crippen molar-refractivity contribution in [3.63, 3.8) is 0 Å². The Morgan fingerprint density at radius 3 is 3.11 bits per heavy atom. The zero-order chi connectivity index (χ0) is 13.2. The van der Waals surface area contributed by atoms with E-state index in [-0.39, 0.29) is 0 Å². The quantitative estimate of drug-likeness (QED) is 0.845. The zero-order valence-electron chi connectivity index (χ0n) is 11.6. The van der Waals surface area contributed by atoms with Crippen molar-refractivity contribution in [2.45, 2.75) is 45.7 Å². The van der Waals surface area contributed by atoms with E-state index in [1.807, 2.05) is 6.92 Å². The lowest BCUT2D eigenvalue weighted by molar-refractivity contribution is 0.150. The monoisotopic (exact) mass is 276 g/mol. The zero-order valence-corrected chi connectivity index (χ0v) is 12.4. The third kappa shape index (κ3) is 2.74. The van der Waals surface area contributed by atoms with Crippen molar-refractivity contribution in [3.05, 3.63) is 28.3 Å². The van der Waals surface area contributed by atoms with Crippen LogP contribution in [-0.4, -0.2) is 22.5 Å². The van der Waals surface area contributed by atoms with Gasteiger partial charge >= 0.3 is 0 Å². The molecule has 0 radical (unpaired) electrons. The van der Waals surface area contributed by atoms with Gasteiger partial charge in [0.25, 0.3) is 0 Å². The third-order valence-electron chi connectivity index (χ3n) is 3.95. The summed E-state index contributed by atoms with van der Waals surface area (Å²) in [5, 5.41) is 4.14. The molecule has 3 rings (SSSR count). The Morgan fingerprint density at radius 1 is 1.47 bits per heavy atom. The summed E-state index contributed by atoms with van der Waals surface area (Å²) in [6.45, 7) is 6.43. The van der Waals surface area contributed by atoms with Gasteiger partial charge in [0.15, 0.2) is 0 Å². The highest BCUT2D eigenvalue weighted by molar-refractivity contribution is 7.08. The number of hydrogen-bond acceptors (Lipinski definition) is 4. The minimum absolute atomic E-state index is 0.662. The van der Waals surface area contributed by atoms with Gasteiger partial charge in [-0.2, -0.15) is 11.3 Å². The maximum Gasteiger partial charge on any atom is 0.227 e. The Labute approximate surface area is 118 Å². The van der Waals surface area contributed by atoms with E-state index in [4.69, 9.17) is 4.42 Å². The molecule has 0 aromatic carbocycles. The van der Waals surface area contributed by atoms with Crippen LogP contribution in [0.1, 0.15) is 37.6 Å². The first-order valence-corrected chi connectivity index (χ1v) is 7.91. The van der Waals surface area contributed by atoms with Crippen molar-refractivity contribution < 1.29 is 4.42 Å². The fourth-order valence-electron chi connectivity index (χ4n) is 2.67. The molecule has 4 heteroatoms. The number of aryl methyl sites for hydroxylation is 1. The van der Waals surface area contributed by atoms with Crippen LogP contribution in [-0.2, 0) is 6.54 Å². The van der Waals surface area contributed by atoms with Gasteiger partial charge in [0.2, 0.25) is 5.89 Å². The second-order valence-electron chi connectivity index (χ2n) is 5.35. The van der Waals surface area contributed by atoms with Gasteiger partial charge in [-0.1, -0.05) is 6.42 Å². The molecule has 1 aliphatic rings. The lowest BCUT2D eigenvalue weighted by atomic mass is 10.0. The molecule has 3 nitrogen and oxygen atoms in total. The molecule has 0 N–H and O–H groups in total. The standard InChI is InChI=1S/C15H20N2OS/c1-11-5-3-4-7-17(11)9-14-12(2)18-15(16-14)13-6-8-19-10-13/h6,8,10-11H,3-5,7,9H2,1-2H3/t11-/m1/s1. The first kappa shape index (κ1) is 12.9. The van der Waals surface area contributed by atoms with E-state index in [0.29, 0.717) is 6.04 Å². The second-order valence-corrected chi connectivity index (χ2v) is 6.13. The topological polar surface area (TPSA) is 29.3 Å². The van der Waals surface area contributed by atoms with Crippen LogP contribution >= 0.6 is 11.3 Å². The lowest BCUT2D eigenvalue weighted by Gasteiger charge is -2.32. The lowest BCUT2D eigenvalue weighted by Crippen LogP contribution is -2.37. The highest BCUT2D eigenvalue weighted by atomic mass is 32.1. The Balaban J connectivity index is 1.78. The van der Waals surface area contributed by atoms with Gasteiger partial charge in [0.05, 0.1) is 5.69 Å². The predicted molar refractivity (Wildman–Crippen MR) is 78.3 cm³/mol. The van der Waals surface area contributed by atoms with Crippen molar-refractivity contribution in [3.8, 4) is 11.5 Å². The number of oxazole rings is 1. The van der Waals surface area contributed by atoms with Gasteiger partial charge in [0, 0.05) is 23.5 Å². The molecule has 2 aromatic rings. The molecule has 19 heavy (non-hydrogen) atoms. The molecule has 1 saturated heterocycles. The van der Waals surface area contributed by atoms with E-state index in [1.54, 1.807) is 11.3 Å². The Hall–Kier alpha value is -1.13. The fraction of sp³-hybridized carbons (Fsp3) is 0.533. The third-order valence-corrected chi connectivity index (χ3v) is 4.64. The number of likely N-dealkylation sites (tertiary alicyclic amines) is 1. The van der Waals surface area contributed by atoms with Crippen LogP contribution in [0, 0.1) is 6.92 Å². The van der Waals surface area contributed by atoms with Crippen LogP contribution in [0.15, 0.2) is 21.2 Å². The van der Waals surface area contributed by atoms with E-state index in [0.717, 1.165) is 29.5 Å². The van der Waals surface area contributed by atoms with Crippen molar-refractivity contribution in [2.24, 2.45) is 0 Å². The minimum Gasteiger partial charge on any atom is -0.441 e. The maximum atomic E-state index is 5.80. The van der Waals surface area contributed by atoms with Crippen molar-refractivity contribution >= 4 is 11.3 Å². The summed E-state index contributed by atoms with van der Waals surface area (Å²) in [4.78, 5) is 7.20. The SMILES string of the molecule is Cc1oc(-c2ccsc2)nc1CN1CCCC[C@H]1C. The molecule has 102 valence electrons. The van der Waals surface area contributed by atoms with Gasteiger partial charge < -0.3 is 4.42 Å². The highest BCUT2D eigenvalue weighted by Crippen LogP contribution is 2.26. The number of nitrogens with zero attached hydrogens (tertiary/aromatic N) is 2. The van der Waals surface area contributed by atoms with Crippen LogP contribution in [0.4, 0.5) is 0 Å². The number of piperidine rings is 1. The average Bonchev–Trinajstić information content (AvgIpc) is 3.02. The molecule has 1 aliphatic heterocycles. The number of aromatic nitrogens is 1. The molecule has 2 aromatic heterocycles. The molecule has 0 unspecified atom stereocenters. The minimum atomic E-state index is 0.662. The molecule has 0 bridgehead atoms. The summed E-state index contributed by atoms with van der Waals surface area (Å²) in [6, 6.07) is 2.72. The molecule has 1 fully saturated rings. The van der Waals surface area contributed by atoms with E-state index >= 15 is 0 Å². The normalized spacial score (nSPS) is 20.8. The molecular weight excluding hydrogens is 256 g/mol. The molecule has 0 spiro atoms. The molecule has 1 atom stereocenters. The largest absolute Gasteiger partial charge is 0.441 e. The van der Waals surface area contributed by atoms with Gasteiger partial charge in [-0.25, -0.2) is 4.98 Å². The second kappa shape index (κ2) is 5.47. The molecule has 0 amide bonds. The van der Waals surface area contributed by atoms with Crippen molar-refractivity contribution in [1.82, 2.24) is 9.88 Å².